The average molecular weight is 425 g/mol. The van der Waals surface area contributed by atoms with E-state index in [-0.39, 0.29) is 10.3 Å². The van der Waals surface area contributed by atoms with E-state index < -0.39 is 10.0 Å². The van der Waals surface area contributed by atoms with E-state index in [4.69, 9.17) is 14.9 Å². The van der Waals surface area contributed by atoms with E-state index in [2.05, 4.69) is 17.6 Å². The Bertz CT molecular complexity index is 742. The first-order valence-corrected chi connectivity index (χ1v) is 12.1. The zero-order valence-corrected chi connectivity index (χ0v) is 18.6. The van der Waals surface area contributed by atoms with E-state index in [1.54, 1.807) is 24.3 Å². The first-order chi connectivity index (χ1) is 13.9. The van der Waals surface area contributed by atoms with Gasteiger partial charge in [0.2, 0.25) is 10.0 Å². The maximum Gasteiger partial charge on any atom is 0.238 e. The van der Waals surface area contributed by atoms with Crippen molar-refractivity contribution in [3.63, 3.8) is 0 Å². The predicted octanol–water partition coefficient (Wildman–Crippen LogP) is 2.42. The van der Waals surface area contributed by atoms with E-state index >= 15 is 0 Å². The number of ether oxygens (including phenoxy) is 1. The Kier molecular flexibility index (Phi) is 9.39. The van der Waals surface area contributed by atoms with Crippen molar-refractivity contribution in [3.05, 3.63) is 29.8 Å². The van der Waals surface area contributed by atoms with Crippen molar-refractivity contribution < 1.29 is 13.2 Å². The van der Waals surface area contributed by atoms with Crippen molar-refractivity contribution in [1.29, 1.82) is 0 Å². The molecule has 29 heavy (non-hydrogen) atoms. The molecule has 0 unspecified atom stereocenters. The summed E-state index contributed by atoms with van der Waals surface area (Å²) in [5.74, 6) is 0.830. The van der Waals surface area contributed by atoms with Crippen LogP contribution in [-0.2, 0) is 21.2 Å². The van der Waals surface area contributed by atoms with E-state index in [9.17, 15) is 8.42 Å². The van der Waals surface area contributed by atoms with Crippen molar-refractivity contribution in [2.45, 2.75) is 57.3 Å². The summed E-state index contributed by atoms with van der Waals surface area (Å²) in [6.07, 6.45) is 6.84. The van der Waals surface area contributed by atoms with Crippen LogP contribution in [0.15, 0.2) is 34.2 Å². The molecule has 0 aliphatic heterocycles. The molecule has 0 amide bonds. The molecule has 4 N–H and O–H groups in total. The van der Waals surface area contributed by atoms with Gasteiger partial charge in [0.05, 0.1) is 4.90 Å². The molecule has 2 rings (SSSR count). The molecule has 1 aliphatic carbocycles. The van der Waals surface area contributed by atoms with E-state index in [0.717, 1.165) is 50.7 Å². The Morgan fingerprint density at radius 2 is 1.86 bits per heavy atom. The molecule has 8 heteroatoms. The number of nitrogens with zero attached hydrogens (tertiary/aromatic N) is 1. The van der Waals surface area contributed by atoms with Gasteiger partial charge in [0, 0.05) is 32.8 Å². The third-order valence-corrected chi connectivity index (χ3v) is 6.45. The van der Waals surface area contributed by atoms with Gasteiger partial charge < -0.3 is 15.4 Å². The zero-order valence-electron chi connectivity index (χ0n) is 17.7. The summed E-state index contributed by atoms with van der Waals surface area (Å²) in [6, 6.07) is 6.69. The van der Waals surface area contributed by atoms with Gasteiger partial charge in [-0.2, -0.15) is 0 Å². The number of rotatable bonds is 11. The average Bonchev–Trinajstić information content (AvgIpc) is 3.15. The van der Waals surface area contributed by atoms with Gasteiger partial charge in [-0.3, -0.25) is 4.99 Å². The van der Waals surface area contributed by atoms with Crippen LogP contribution in [0.2, 0.25) is 0 Å². The lowest BCUT2D eigenvalue weighted by atomic mass is 9.83. The van der Waals surface area contributed by atoms with E-state index in [1.165, 1.54) is 25.7 Å². The molecular formula is C21H36N4O3S. The van der Waals surface area contributed by atoms with Gasteiger partial charge in [0.1, 0.15) is 0 Å². The first-order valence-electron chi connectivity index (χ1n) is 10.6. The van der Waals surface area contributed by atoms with Gasteiger partial charge in [0.15, 0.2) is 5.96 Å². The van der Waals surface area contributed by atoms with E-state index in [1.807, 2.05) is 6.92 Å². The molecule has 1 aromatic rings. The fourth-order valence-electron chi connectivity index (χ4n) is 3.80. The van der Waals surface area contributed by atoms with Gasteiger partial charge in [-0.15, -0.1) is 0 Å². The van der Waals surface area contributed by atoms with Crippen molar-refractivity contribution in [2.24, 2.45) is 15.5 Å². The standard InChI is InChI=1S/C21H36N4O3S/c1-3-23-20(25-17-21(12-5-6-13-21)14-16-28-4-2)24-15-11-18-7-9-19(10-8-18)29(22,26)27/h7-10H,3-6,11-17H2,1-2H3,(H2,22,26,27)(H2,23,24,25). The van der Waals surface area contributed by atoms with Gasteiger partial charge >= 0.3 is 0 Å². The molecule has 0 aromatic heterocycles. The minimum atomic E-state index is -3.64. The SMILES string of the molecule is CCNC(=NCC1(CCOCC)CCCC1)NCCc1ccc(S(N)(=O)=O)cc1. The second kappa shape index (κ2) is 11.5. The van der Waals surface area contributed by atoms with Crippen LogP contribution < -0.4 is 15.8 Å². The Balaban J connectivity index is 1.89. The van der Waals surface area contributed by atoms with E-state index in [0.29, 0.717) is 6.54 Å². The molecule has 0 radical (unpaired) electrons. The second-order valence-corrected chi connectivity index (χ2v) is 9.28. The van der Waals surface area contributed by atoms with Gasteiger partial charge in [-0.1, -0.05) is 25.0 Å². The number of sulfonamides is 1. The van der Waals surface area contributed by atoms with Crippen LogP contribution in [0.4, 0.5) is 0 Å². The molecule has 1 aliphatic rings. The summed E-state index contributed by atoms with van der Waals surface area (Å²) in [7, 11) is -3.64. The highest BCUT2D eigenvalue weighted by molar-refractivity contribution is 7.89. The van der Waals surface area contributed by atoms with Crippen molar-refractivity contribution >= 4 is 16.0 Å². The smallest absolute Gasteiger partial charge is 0.238 e. The summed E-state index contributed by atoms with van der Waals surface area (Å²) in [4.78, 5) is 5.00. The number of aliphatic imine (C=N–C) groups is 1. The number of hydrogen-bond donors (Lipinski definition) is 3. The molecule has 1 fully saturated rings. The lowest BCUT2D eigenvalue weighted by Crippen LogP contribution is -2.39. The number of hydrogen-bond acceptors (Lipinski definition) is 4. The van der Waals surface area contributed by atoms with Crippen LogP contribution in [0, 0.1) is 5.41 Å². The number of nitrogens with two attached hydrogens (primary N) is 1. The Morgan fingerprint density at radius 3 is 2.45 bits per heavy atom. The van der Waals surface area contributed by atoms with Crippen LogP contribution in [0.5, 0.6) is 0 Å². The summed E-state index contributed by atoms with van der Waals surface area (Å²) in [5.41, 5.74) is 1.31. The highest BCUT2D eigenvalue weighted by Gasteiger charge is 2.33. The van der Waals surface area contributed by atoms with Gasteiger partial charge in [-0.05, 0) is 62.6 Å². The highest BCUT2D eigenvalue weighted by atomic mass is 32.2. The zero-order chi connectivity index (χ0) is 21.2. The number of nitrogens with one attached hydrogen (secondary N) is 2. The third kappa shape index (κ3) is 7.95. The Labute approximate surface area is 175 Å². The molecule has 0 saturated heterocycles. The van der Waals surface area contributed by atoms with Crippen molar-refractivity contribution in [1.82, 2.24) is 10.6 Å². The van der Waals surface area contributed by atoms with Crippen LogP contribution in [0.3, 0.4) is 0 Å². The minimum Gasteiger partial charge on any atom is -0.382 e. The summed E-state index contributed by atoms with van der Waals surface area (Å²) in [6.45, 7) is 8.01. The quantitative estimate of drug-likeness (QED) is 0.287. The summed E-state index contributed by atoms with van der Waals surface area (Å²) in [5, 5.41) is 11.8. The van der Waals surface area contributed by atoms with Crippen LogP contribution >= 0.6 is 0 Å². The first kappa shape index (κ1) is 23.6. The van der Waals surface area contributed by atoms with Crippen molar-refractivity contribution in [3.8, 4) is 0 Å². The predicted molar refractivity (Wildman–Crippen MR) is 118 cm³/mol. The normalized spacial score (nSPS) is 16.7. The van der Waals surface area contributed by atoms with Crippen molar-refractivity contribution in [2.75, 3.05) is 32.8 Å². The molecule has 164 valence electrons. The monoisotopic (exact) mass is 424 g/mol. The minimum absolute atomic E-state index is 0.137. The fraction of sp³-hybridized carbons (Fsp3) is 0.667. The molecule has 0 atom stereocenters. The molecule has 1 saturated carbocycles. The molecule has 0 bridgehead atoms. The van der Waals surface area contributed by atoms with Crippen LogP contribution in [0.1, 0.15) is 51.5 Å². The van der Waals surface area contributed by atoms with Gasteiger partial charge in [0.25, 0.3) is 0 Å². The molecule has 1 aromatic carbocycles. The fourth-order valence-corrected chi connectivity index (χ4v) is 4.32. The van der Waals surface area contributed by atoms with Crippen LogP contribution in [-0.4, -0.2) is 47.2 Å². The number of primary sulfonamides is 1. The second-order valence-electron chi connectivity index (χ2n) is 7.71. The topological polar surface area (TPSA) is 106 Å². The molecule has 0 heterocycles. The largest absolute Gasteiger partial charge is 0.382 e. The maximum absolute atomic E-state index is 11.3. The lowest BCUT2D eigenvalue weighted by molar-refractivity contribution is 0.107. The third-order valence-electron chi connectivity index (χ3n) is 5.52. The Morgan fingerprint density at radius 1 is 1.17 bits per heavy atom. The Hall–Kier alpha value is -1.64. The number of benzene rings is 1. The maximum atomic E-state index is 11.3. The lowest BCUT2D eigenvalue weighted by Gasteiger charge is -2.27. The summed E-state index contributed by atoms with van der Waals surface area (Å²) >= 11 is 0. The van der Waals surface area contributed by atoms with Gasteiger partial charge in [-0.25, -0.2) is 13.6 Å². The molecule has 7 nitrogen and oxygen atoms in total. The summed E-state index contributed by atoms with van der Waals surface area (Å²) < 4.78 is 28.3. The number of guanidine groups is 1. The molecular weight excluding hydrogens is 388 g/mol. The van der Waals surface area contributed by atoms with Crippen LogP contribution in [0.25, 0.3) is 0 Å². The molecule has 0 spiro atoms. The highest BCUT2D eigenvalue weighted by Crippen LogP contribution is 2.41.